The van der Waals surface area contributed by atoms with Gasteiger partial charge in [0, 0.05) is 37.2 Å². The average molecular weight is 261 g/mol. The van der Waals surface area contributed by atoms with E-state index >= 15 is 0 Å². The number of hydrogen-bond donors (Lipinski definition) is 0. The maximum absolute atomic E-state index is 11.7. The maximum atomic E-state index is 11.7. The molecule has 2 rings (SSSR count). The summed E-state index contributed by atoms with van der Waals surface area (Å²) in [4.78, 5) is 11.7. The summed E-state index contributed by atoms with van der Waals surface area (Å²) >= 11 is 0. The normalized spacial score (nSPS) is 10.8. The third-order valence-corrected chi connectivity index (χ3v) is 3.04. The summed E-state index contributed by atoms with van der Waals surface area (Å²) in [5, 5.41) is 1.18. The molecule has 1 aromatic carbocycles. The molecule has 1 heterocycles. The molecule has 0 unspecified atom stereocenters. The Morgan fingerprint density at radius 2 is 2.05 bits per heavy atom. The number of carbonyl (C=O) groups excluding carboxylic acids is 1. The highest BCUT2D eigenvalue weighted by molar-refractivity contribution is 5.85. The van der Waals surface area contributed by atoms with E-state index in [1.165, 1.54) is 10.9 Å². The maximum Gasteiger partial charge on any atom is 0.325 e. The number of carbonyl (C=O) groups is 1. The molecule has 0 aliphatic rings. The SMILES string of the molecule is COCCCOC(=O)Cn1cc(C)c2ccccc21. The standard InChI is InChI=1S/C15H19NO3/c1-12-10-16(14-7-4-3-6-13(12)14)11-15(17)19-9-5-8-18-2/h3-4,6-7,10H,5,8-9,11H2,1-2H3. The van der Waals surface area contributed by atoms with E-state index in [4.69, 9.17) is 9.47 Å². The Labute approximate surface area is 112 Å². The Morgan fingerprint density at radius 1 is 1.26 bits per heavy atom. The lowest BCUT2D eigenvalue weighted by Crippen LogP contribution is -2.14. The van der Waals surface area contributed by atoms with Gasteiger partial charge in [-0.2, -0.15) is 0 Å². The third-order valence-electron chi connectivity index (χ3n) is 3.04. The van der Waals surface area contributed by atoms with Crippen molar-refractivity contribution in [3.8, 4) is 0 Å². The molecule has 0 amide bonds. The van der Waals surface area contributed by atoms with Gasteiger partial charge in [-0.25, -0.2) is 0 Å². The van der Waals surface area contributed by atoms with E-state index in [1.54, 1.807) is 7.11 Å². The second-order valence-electron chi connectivity index (χ2n) is 4.52. The van der Waals surface area contributed by atoms with Crippen LogP contribution in [0.15, 0.2) is 30.5 Å². The Kier molecular flexibility index (Phi) is 4.58. The molecule has 0 saturated heterocycles. The molecular formula is C15H19NO3. The van der Waals surface area contributed by atoms with Crippen molar-refractivity contribution >= 4 is 16.9 Å². The van der Waals surface area contributed by atoms with Crippen LogP contribution in [-0.2, 0) is 20.8 Å². The highest BCUT2D eigenvalue weighted by Crippen LogP contribution is 2.20. The zero-order valence-electron chi connectivity index (χ0n) is 11.4. The first-order valence-electron chi connectivity index (χ1n) is 6.41. The van der Waals surface area contributed by atoms with Crippen LogP contribution in [0.3, 0.4) is 0 Å². The summed E-state index contributed by atoms with van der Waals surface area (Å²) in [6.07, 6.45) is 2.72. The molecule has 0 atom stereocenters. The van der Waals surface area contributed by atoms with Gasteiger partial charge in [0.2, 0.25) is 0 Å². The largest absolute Gasteiger partial charge is 0.464 e. The average Bonchev–Trinajstić information content (AvgIpc) is 2.72. The fraction of sp³-hybridized carbons (Fsp3) is 0.400. The van der Waals surface area contributed by atoms with Crippen LogP contribution < -0.4 is 0 Å². The number of rotatable bonds is 6. The summed E-state index contributed by atoms with van der Waals surface area (Å²) < 4.78 is 12.0. The predicted octanol–water partition coefficient (Wildman–Crippen LogP) is 2.53. The molecule has 19 heavy (non-hydrogen) atoms. The van der Waals surface area contributed by atoms with E-state index in [-0.39, 0.29) is 12.5 Å². The number of aromatic nitrogens is 1. The summed E-state index contributed by atoms with van der Waals surface area (Å²) in [5.74, 6) is -0.211. The predicted molar refractivity (Wildman–Crippen MR) is 74.1 cm³/mol. The molecule has 102 valence electrons. The van der Waals surface area contributed by atoms with Crippen LogP contribution in [-0.4, -0.2) is 30.9 Å². The number of para-hydroxylation sites is 1. The number of nitrogens with zero attached hydrogens (tertiary/aromatic N) is 1. The van der Waals surface area contributed by atoms with Crippen LogP contribution in [0.25, 0.3) is 10.9 Å². The molecular weight excluding hydrogens is 242 g/mol. The van der Waals surface area contributed by atoms with Crippen LogP contribution in [0, 0.1) is 6.92 Å². The minimum absolute atomic E-state index is 0.211. The van der Waals surface area contributed by atoms with Gasteiger partial charge in [0.15, 0.2) is 0 Å². The number of benzene rings is 1. The van der Waals surface area contributed by atoms with Crippen molar-refractivity contribution in [1.29, 1.82) is 0 Å². The molecule has 0 spiro atoms. The number of methoxy groups -OCH3 is 1. The highest BCUT2D eigenvalue weighted by atomic mass is 16.5. The van der Waals surface area contributed by atoms with Crippen molar-refractivity contribution < 1.29 is 14.3 Å². The second kappa shape index (κ2) is 6.38. The molecule has 4 nitrogen and oxygen atoms in total. The van der Waals surface area contributed by atoms with E-state index < -0.39 is 0 Å². The third kappa shape index (κ3) is 3.35. The van der Waals surface area contributed by atoms with Crippen molar-refractivity contribution in [2.45, 2.75) is 19.9 Å². The van der Waals surface area contributed by atoms with Gasteiger partial charge in [-0.15, -0.1) is 0 Å². The van der Waals surface area contributed by atoms with Crippen LogP contribution in [0.2, 0.25) is 0 Å². The molecule has 0 aliphatic carbocycles. The van der Waals surface area contributed by atoms with Crippen molar-refractivity contribution in [3.05, 3.63) is 36.0 Å². The zero-order chi connectivity index (χ0) is 13.7. The summed E-state index contributed by atoms with van der Waals surface area (Å²) in [7, 11) is 1.64. The minimum Gasteiger partial charge on any atom is -0.464 e. The second-order valence-corrected chi connectivity index (χ2v) is 4.52. The Bertz CT molecular complexity index is 560. The quantitative estimate of drug-likeness (QED) is 0.592. The van der Waals surface area contributed by atoms with Crippen molar-refractivity contribution in [2.24, 2.45) is 0 Å². The van der Waals surface area contributed by atoms with Gasteiger partial charge < -0.3 is 14.0 Å². The summed E-state index contributed by atoms with van der Waals surface area (Å²) in [6, 6.07) is 8.05. The van der Waals surface area contributed by atoms with Gasteiger partial charge >= 0.3 is 5.97 Å². The number of hydrogen-bond acceptors (Lipinski definition) is 3. The molecule has 0 fully saturated rings. The molecule has 0 N–H and O–H groups in total. The van der Waals surface area contributed by atoms with Gasteiger partial charge in [0.1, 0.15) is 6.54 Å². The van der Waals surface area contributed by atoms with E-state index in [9.17, 15) is 4.79 Å². The molecule has 4 heteroatoms. The van der Waals surface area contributed by atoms with Crippen molar-refractivity contribution in [3.63, 3.8) is 0 Å². The lowest BCUT2D eigenvalue weighted by Gasteiger charge is -2.06. The lowest BCUT2D eigenvalue weighted by atomic mass is 10.2. The molecule has 0 saturated carbocycles. The number of aryl methyl sites for hydroxylation is 1. The topological polar surface area (TPSA) is 40.5 Å². The van der Waals surface area contributed by atoms with Gasteiger partial charge in [-0.1, -0.05) is 18.2 Å². The van der Waals surface area contributed by atoms with Crippen LogP contribution in [0.1, 0.15) is 12.0 Å². The molecule has 0 aliphatic heterocycles. The first-order chi connectivity index (χ1) is 9.22. The smallest absolute Gasteiger partial charge is 0.325 e. The van der Waals surface area contributed by atoms with Gasteiger partial charge in [-0.3, -0.25) is 4.79 Å². The monoisotopic (exact) mass is 261 g/mol. The molecule has 1 aromatic heterocycles. The van der Waals surface area contributed by atoms with Crippen LogP contribution >= 0.6 is 0 Å². The van der Waals surface area contributed by atoms with Crippen LogP contribution in [0.5, 0.6) is 0 Å². The Balaban J connectivity index is 1.99. The Hall–Kier alpha value is -1.81. The van der Waals surface area contributed by atoms with E-state index in [2.05, 4.69) is 6.07 Å². The molecule has 0 radical (unpaired) electrons. The van der Waals surface area contributed by atoms with E-state index in [0.717, 1.165) is 11.9 Å². The van der Waals surface area contributed by atoms with Gasteiger partial charge in [0.25, 0.3) is 0 Å². The summed E-state index contributed by atoms with van der Waals surface area (Å²) in [6.45, 7) is 3.31. The minimum atomic E-state index is -0.211. The lowest BCUT2D eigenvalue weighted by molar-refractivity contribution is -0.144. The molecule has 0 bridgehead atoms. The van der Waals surface area contributed by atoms with E-state index in [0.29, 0.717) is 13.2 Å². The van der Waals surface area contributed by atoms with Gasteiger partial charge in [0.05, 0.1) is 6.61 Å². The first kappa shape index (κ1) is 13.6. The van der Waals surface area contributed by atoms with Crippen LogP contribution in [0.4, 0.5) is 0 Å². The fourth-order valence-electron chi connectivity index (χ4n) is 2.14. The Morgan fingerprint density at radius 3 is 2.84 bits per heavy atom. The van der Waals surface area contributed by atoms with Gasteiger partial charge in [-0.05, 0) is 18.6 Å². The number of esters is 1. The highest BCUT2D eigenvalue weighted by Gasteiger charge is 2.09. The van der Waals surface area contributed by atoms with E-state index in [1.807, 2.05) is 35.9 Å². The van der Waals surface area contributed by atoms with Crippen molar-refractivity contribution in [1.82, 2.24) is 4.57 Å². The summed E-state index contributed by atoms with van der Waals surface area (Å²) in [5.41, 5.74) is 2.23. The first-order valence-corrected chi connectivity index (χ1v) is 6.41. The fourth-order valence-corrected chi connectivity index (χ4v) is 2.14. The van der Waals surface area contributed by atoms with Crippen molar-refractivity contribution in [2.75, 3.05) is 20.3 Å². The zero-order valence-corrected chi connectivity index (χ0v) is 11.4. The number of fused-ring (bicyclic) bond motifs is 1. The number of ether oxygens (including phenoxy) is 2. The molecule has 2 aromatic rings.